The minimum absolute atomic E-state index is 0.908. The molecule has 0 spiro atoms. The third-order valence-corrected chi connectivity index (χ3v) is 7.49. The van der Waals surface area contributed by atoms with E-state index in [2.05, 4.69) is 5.32 Å². The van der Waals surface area contributed by atoms with Crippen molar-refractivity contribution in [3.8, 4) is 0 Å². The zero-order valence-electron chi connectivity index (χ0n) is 13.2. The molecular weight excluding hydrogens is 242 g/mol. The van der Waals surface area contributed by atoms with E-state index in [1.807, 2.05) is 0 Å². The first kappa shape index (κ1) is 13.6. The van der Waals surface area contributed by atoms with Gasteiger partial charge in [0.2, 0.25) is 0 Å². The fraction of sp³-hybridized carbons (Fsp3) is 1.00. The second-order valence-electron chi connectivity index (χ2n) is 8.40. The van der Waals surface area contributed by atoms with Gasteiger partial charge in [0.15, 0.2) is 0 Å². The molecule has 1 saturated heterocycles. The molecular formula is C19H33N. The van der Waals surface area contributed by atoms with Gasteiger partial charge in [-0.3, -0.25) is 0 Å². The highest BCUT2D eigenvalue weighted by Crippen LogP contribution is 2.48. The van der Waals surface area contributed by atoms with E-state index in [0.29, 0.717) is 0 Å². The summed E-state index contributed by atoms with van der Waals surface area (Å²) in [6.07, 6.45) is 18.6. The van der Waals surface area contributed by atoms with Crippen LogP contribution in [0.4, 0.5) is 0 Å². The minimum Gasteiger partial charge on any atom is -0.314 e. The summed E-state index contributed by atoms with van der Waals surface area (Å²) in [5.41, 5.74) is 0. The van der Waals surface area contributed by atoms with Crippen LogP contribution in [0.1, 0.15) is 77.0 Å². The van der Waals surface area contributed by atoms with Gasteiger partial charge in [0.1, 0.15) is 0 Å². The standard InChI is InChI=1S/C19H33N/c1-2-4-14(3-1)17-9-10-18(13-17)15-5-7-16(8-6-15)19-11-12-20-19/h14-20H,1-13H2. The van der Waals surface area contributed by atoms with E-state index in [1.54, 1.807) is 44.9 Å². The molecule has 3 saturated carbocycles. The molecule has 114 valence electrons. The number of hydrogen-bond acceptors (Lipinski definition) is 1. The maximum Gasteiger partial charge on any atom is 0.0107 e. The fourth-order valence-corrected chi connectivity index (χ4v) is 6.07. The van der Waals surface area contributed by atoms with Gasteiger partial charge < -0.3 is 5.32 Å². The molecule has 1 aliphatic heterocycles. The Bertz CT molecular complexity index is 308. The number of hydrogen-bond donors (Lipinski definition) is 1. The van der Waals surface area contributed by atoms with Crippen LogP contribution in [0.25, 0.3) is 0 Å². The van der Waals surface area contributed by atoms with Crippen molar-refractivity contribution in [3.05, 3.63) is 0 Å². The van der Waals surface area contributed by atoms with Crippen LogP contribution in [0.3, 0.4) is 0 Å². The summed E-state index contributed by atoms with van der Waals surface area (Å²) in [6, 6.07) is 0.908. The Labute approximate surface area is 125 Å². The zero-order valence-corrected chi connectivity index (χ0v) is 13.2. The Morgan fingerprint density at radius 3 is 1.55 bits per heavy atom. The Balaban J connectivity index is 1.25. The third-order valence-electron chi connectivity index (χ3n) is 7.49. The fourth-order valence-electron chi connectivity index (χ4n) is 6.07. The monoisotopic (exact) mass is 275 g/mol. The van der Waals surface area contributed by atoms with Crippen LogP contribution in [0.2, 0.25) is 0 Å². The van der Waals surface area contributed by atoms with E-state index < -0.39 is 0 Å². The Kier molecular flexibility index (Phi) is 4.07. The van der Waals surface area contributed by atoms with E-state index in [1.165, 1.54) is 38.6 Å². The molecule has 4 rings (SSSR count). The van der Waals surface area contributed by atoms with Crippen molar-refractivity contribution in [2.24, 2.45) is 29.6 Å². The minimum atomic E-state index is 0.908. The van der Waals surface area contributed by atoms with Crippen LogP contribution in [-0.4, -0.2) is 12.6 Å². The van der Waals surface area contributed by atoms with Gasteiger partial charge >= 0.3 is 0 Å². The summed E-state index contributed by atoms with van der Waals surface area (Å²) in [5, 5.41) is 3.64. The Hall–Kier alpha value is -0.0400. The van der Waals surface area contributed by atoms with Crippen molar-refractivity contribution < 1.29 is 0 Å². The molecule has 0 radical (unpaired) electrons. The molecule has 3 unspecified atom stereocenters. The van der Waals surface area contributed by atoms with Gasteiger partial charge in [-0.15, -0.1) is 0 Å². The molecule has 0 aromatic heterocycles. The molecule has 3 aliphatic carbocycles. The van der Waals surface area contributed by atoms with Crippen molar-refractivity contribution in [2.75, 3.05) is 6.54 Å². The molecule has 1 nitrogen and oxygen atoms in total. The first-order valence-corrected chi connectivity index (χ1v) is 9.63. The van der Waals surface area contributed by atoms with Crippen LogP contribution >= 0.6 is 0 Å². The Morgan fingerprint density at radius 1 is 0.500 bits per heavy atom. The first-order chi connectivity index (χ1) is 9.90. The van der Waals surface area contributed by atoms with Crippen LogP contribution < -0.4 is 5.32 Å². The topological polar surface area (TPSA) is 12.0 Å². The quantitative estimate of drug-likeness (QED) is 0.783. The Morgan fingerprint density at radius 2 is 1.00 bits per heavy atom. The SMILES string of the molecule is C1CCC(C2CCC(C3CCC(C4CCN4)CC3)C2)C1. The molecule has 4 fully saturated rings. The van der Waals surface area contributed by atoms with Gasteiger partial charge in [-0.2, -0.15) is 0 Å². The van der Waals surface area contributed by atoms with Crippen LogP contribution in [0.15, 0.2) is 0 Å². The molecule has 3 atom stereocenters. The van der Waals surface area contributed by atoms with Gasteiger partial charge in [0.25, 0.3) is 0 Å². The first-order valence-electron chi connectivity index (χ1n) is 9.63. The molecule has 4 aliphatic rings. The van der Waals surface area contributed by atoms with E-state index in [4.69, 9.17) is 0 Å². The highest BCUT2D eigenvalue weighted by atomic mass is 15.0. The smallest absolute Gasteiger partial charge is 0.0107 e. The lowest BCUT2D eigenvalue weighted by Gasteiger charge is -2.40. The van der Waals surface area contributed by atoms with Gasteiger partial charge in [0.05, 0.1) is 0 Å². The molecule has 1 N–H and O–H groups in total. The van der Waals surface area contributed by atoms with E-state index >= 15 is 0 Å². The van der Waals surface area contributed by atoms with Crippen molar-refractivity contribution in [2.45, 2.75) is 83.1 Å². The maximum atomic E-state index is 3.64. The van der Waals surface area contributed by atoms with Crippen LogP contribution in [0, 0.1) is 29.6 Å². The molecule has 0 bridgehead atoms. The molecule has 0 aromatic carbocycles. The predicted octanol–water partition coefficient (Wildman–Crippen LogP) is 4.76. The highest BCUT2D eigenvalue weighted by molar-refractivity contribution is 4.91. The number of rotatable bonds is 3. The van der Waals surface area contributed by atoms with Crippen LogP contribution in [0.5, 0.6) is 0 Å². The summed E-state index contributed by atoms with van der Waals surface area (Å²) in [4.78, 5) is 0. The van der Waals surface area contributed by atoms with Crippen molar-refractivity contribution in [1.82, 2.24) is 5.32 Å². The summed E-state index contributed by atoms with van der Waals surface area (Å²) >= 11 is 0. The molecule has 20 heavy (non-hydrogen) atoms. The summed E-state index contributed by atoms with van der Waals surface area (Å²) < 4.78 is 0. The largest absolute Gasteiger partial charge is 0.314 e. The lowest BCUT2D eigenvalue weighted by molar-refractivity contribution is 0.145. The van der Waals surface area contributed by atoms with Gasteiger partial charge in [-0.05, 0) is 87.5 Å². The normalized spacial score (nSPS) is 46.5. The average molecular weight is 275 g/mol. The maximum absolute atomic E-state index is 3.64. The lowest BCUT2D eigenvalue weighted by Crippen LogP contribution is -2.49. The van der Waals surface area contributed by atoms with Gasteiger partial charge in [-0.1, -0.05) is 25.7 Å². The van der Waals surface area contributed by atoms with Crippen molar-refractivity contribution in [1.29, 1.82) is 0 Å². The molecule has 0 amide bonds. The van der Waals surface area contributed by atoms with Gasteiger partial charge in [-0.25, -0.2) is 0 Å². The molecule has 1 heteroatoms. The van der Waals surface area contributed by atoms with Crippen LogP contribution in [-0.2, 0) is 0 Å². The highest BCUT2D eigenvalue weighted by Gasteiger charge is 2.38. The second-order valence-corrected chi connectivity index (χ2v) is 8.40. The average Bonchev–Trinajstić information content (AvgIpc) is 3.09. The van der Waals surface area contributed by atoms with E-state index in [0.717, 1.165) is 35.6 Å². The lowest BCUT2D eigenvalue weighted by atomic mass is 9.71. The summed E-state index contributed by atoms with van der Waals surface area (Å²) in [7, 11) is 0. The molecule has 1 heterocycles. The zero-order chi connectivity index (χ0) is 13.4. The third kappa shape index (κ3) is 2.67. The van der Waals surface area contributed by atoms with E-state index in [-0.39, 0.29) is 0 Å². The van der Waals surface area contributed by atoms with E-state index in [9.17, 15) is 0 Å². The predicted molar refractivity (Wildman–Crippen MR) is 84.6 cm³/mol. The summed E-state index contributed by atoms with van der Waals surface area (Å²) in [6.45, 7) is 1.29. The van der Waals surface area contributed by atoms with Gasteiger partial charge in [0, 0.05) is 6.04 Å². The van der Waals surface area contributed by atoms with Crippen molar-refractivity contribution in [3.63, 3.8) is 0 Å². The molecule has 0 aromatic rings. The second kappa shape index (κ2) is 5.99. The number of nitrogens with one attached hydrogen (secondary N) is 1. The van der Waals surface area contributed by atoms with Crippen molar-refractivity contribution >= 4 is 0 Å². The summed E-state index contributed by atoms with van der Waals surface area (Å²) in [5.74, 6) is 5.53.